The number of nitro benzene ring substituents is 1. The lowest BCUT2D eigenvalue weighted by Gasteiger charge is -2.05. The van der Waals surface area contributed by atoms with Crippen LogP contribution in [0.2, 0.25) is 0 Å². The van der Waals surface area contributed by atoms with Gasteiger partial charge in [-0.15, -0.1) is 11.3 Å². The van der Waals surface area contributed by atoms with E-state index in [4.69, 9.17) is 0 Å². The maximum Gasteiger partial charge on any atom is 0.282 e. The van der Waals surface area contributed by atoms with Gasteiger partial charge in [0.15, 0.2) is 0 Å². The molecule has 0 spiro atoms. The van der Waals surface area contributed by atoms with E-state index in [9.17, 15) is 19.3 Å². The molecule has 0 bridgehead atoms. The molecular weight excluding hydrogens is 369 g/mol. The highest BCUT2D eigenvalue weighted by molar-refractivity contribution is 7.15. The monoisotopic (exact) mass is 385 g/mol. The molecular formula is C19H16FN3O3S. The van der Waals surface area contributed by atoms with Crippen LogP contribution < -0.4 is 5.32 Å². The lowest BCUT2D eigenvalue weighted by atomic mass is 10.1. The molecule has 0 saturated carbocycles. The predicted molar refractivity (Wildman–Crippen MR) is 101 cm³/mol. The normalized spacial score (nSPS) is 10.6. The van der Waals surface area contributed by atoms with Gasteiger partial charge in [0, 0.05) is 29.5 Å². The fourth-order valence-corrected chi connectivity index (χ4v) is 3.67. The number of amides is 1. The van der Waals surface area contributed by atoms with Gasteiger partial charge >= 0.3 is 0 Å². The Kier molecular flexibility index (Phi) is 5.56. The van der Waals surface area contributed by atoms with E-state index < -0.39 is 10.8 Å². The molecule has 1 aromatic heterocycles. The van der Waals surface area contributed by atoms with Crippen LogP contribution in [0.1, 0.15) is 20.9 Å². The van der Waals surface area contributed by atoms with Gasteiger partial charge < -0.3 is 5.32 Å². The summed E-state index contributed by atoms with van der Waals surface area (Å²) in [6.07, 6.45) is 0.533. The number of benzene rings is 2. The zero-order valence-electron chi connectivity index (χ0n) is 14.4. The zero-order valence-corrected chi connectivity index (χ0v) is 15.3. The van der Waals surface area contributed by atoms with Crippen LogP contribution in [0.5, 0.6) is 0 Å². The summed E-state index contributed by atoms with van der Waals surface area (Å²) in [6.45, 7) is 2.18. The Hall–Kier alpha value is -3.13. The summed E-state index contributed by atoms with van der Waals surface area (Å²) in [5.41, 5.74) is 1.33. The molecule has 6 nitrogen and oxygen atoms in total. The topological polar surface area (TPSA) is 85.1 Å². The zero-order chi connectivity index (χ0) is 19.4. The fraction of sp³-hybridized carbons (Fsp3) is 0.158. The number of thiazole rings is 1. The Balaban J connectivity index is 1.66. The standard InChI is InChI=1S/C19H16FN3O3S/c1-12-17(27-19(22-12)13-5-4-6-14(20)11-13)9-10-21-18(24)15-7-2-3-8-16(15)23(25)26/h2-8,11H,9-10H2,1H3,(H,21,24). The Bertz CT molecular complexity index is 1000. The molecule has 0 atom stereocenters. The van der Waals surface area contributed by atoms with Crippen molar-refractivity contribution in [2.75, 3.05) is 6.54 Å². The maximum atomic E-state index is 13.4. The molecule has 1 heterocycles. The van der Waals surface area contributed by atoms with Crippen LogP contribution in [0.3, 0.4) is 0 Å². The minimum atomic E-state index is -0.576. The van der Waals surface area contributed by atoms with Gasteiger partial charge in [-0.1, -0.05) is 24.3 Å². The van der Waals surface area contributed by atoms with Gasteiger partial charge in [0.05, 0.1) is 10.6 Å². The molecule has 0 unspecified atom stereocenters. The van der Waals surface area contributed by atoms with Crippen LogP contribution in [0, 0.1) is 22.9 Å². The van der Waals surface area contributed by atoms with Crippen LogP contribution in [0.4, 0.5) is 10.1 Å². The second kappa shape index (κ2) is 8.05. The van der Waals surface area contributed by atoms with E-state index in [0.29, 0.717) is 23.5 Å². The highest BCUT2D eigenvalue weighted by Gasteiger charge is 2.19. The first-order valence-electron chi connectivity index (χ1n) is 8.19. The number of aryl methyl sites for hydroxylation is 1. The Morgan fingerprint density at radius 2 is 2.04 bits per heavy atom. The predicted octanol–water partition coefficient (Wildman–Crippen LogP) is 4.14. The van der Waals surface area contributed by atoms with Gasteiger partial charge in [0.2, 0.25) is 0 Å². The number of hydrogen-bond acceptors (Lipinski definition) is 5. The molecule has 0 radical (unpaired) electrons. The summed E-state index contributed by atoms with van der Waals surface area (Å²) in [4.78, 5) is 28.1. The molecule has 0 saturated heterocycles. The molecule has 3 aromatic rings. The number of aromatic nitrogens is 1. The number of para-hydroxylation sites is 1. The van der Waals surface area contributed by atoms with E-state index in [-0.39, 0.29) is 17.1 Å². The van der Waals surface area contributed by atoms with Crippen LogP contribution in [0.15, 0.2) is 48.5 Å². The second-order valence-electron chi connectivity index (χ2n) is 5.82. The summed E-state index contributed by atoms with van der Waals surface area (Å²) >= 11 is 1.44. The van der Waals surface area contributed by atoms with E-state index in [0.717, 1.165) is 10.6 Å². The molecule has 0 fully saturated rings. The van der Waals surface area contributed by atoms with Crippen molar-refractivity contribution in [1.29, 1.82) is 0 Å². The number of hydrogen-bond donors (Lipinski definition) is 1. The first-order chi connectivity index (χ1) is 13.0. The SMILES string of the molecule is Cc1nc(-c2cccc(F)c2)sc1CCNC(=O)c1ccccc1[N+](=O)[O-]. The molecule has 3 rings (SSSR count). The van der Waals surface area contributed by atoms with Crippen LogP contribution in [-0.4, -0.2) is 22.4 Å². The minimum absolute atomic E-state index is 0.0315. The molecule has 8 heteroatoms. The van der Waals surface area contributed by atoms with Crippen molar-refractivity contribution in [2.45, 2.75) is 13.3 Å². The molecule has 27 heavy (non-hydrogen) atoms. The number of nitrogens with zero attached hydrogens (tertiary/aromatic N) is 2. The Morgan fingerprint density at radius 1 is 1.26 bits per heavy atom. The van der Waals surface area contributed by atoms with E-state index in [1.54, 1.807) is 18.2 Å². The van der Waals surface area contributed by atoms with E-state index >= 15 is 0 Å². The van der Waals surface area contributed by atoms with Crippen molar-refractivity contribution in [1.82, 2.24) is 10.3 Å². The van der Waals surface area contributed by atoms with Crippen LogP contribution in [-0.2, 0) is 6.42 Å². The van der Waals surface area contributed by atoms with Crippen molar-refractivity contribution in [3.63, 3.8) is 0 Å². The highest BCUT2D eigenvalue weighted by Crippen LogP contribution is 2.28. The largest absolute Gasteiger partial charge is 0.351 e. The fourth-order valence-electron chi connectivity index (χ4n) is 2.61. The van der Waals surface area contributed by atoms with Crippen molar-refractivity contribution >= 4 is 22.9 Å². The average Bonchev–Trinajstić information content (AvgIpc) is 3.02. The van der Waals surface area contributed by atoms with E-state index in [1.165, 1.54) is 41.7 Å². The number of rotatable bonds is 6. The summed E-state index contributed by atoms with van der Waals surface area (Å²) in [6, 6.07) is 12.1. The van der Waals surface area contributed by atoms with Crippen molar-refractivity contribution in [3.8, 4) is 10.6 Å². The number of nitrogens with one attached hydrogen (secondary N) is 1. The molecule has 138 valence electrons. The lowest BCUT2D eigenvalue weighted by Crippen LogP contribution is -2.26. The second-order valence-corrected chi connectivity index (χ2v) is 6.90. The third-order valence-corrected chi connectivity index (χ3v) is 5.21. The quantitative estimate of drug-likeness (QED) is 0.510. The van der Waals surface area contributed by atoms with Gasteiger partial charge in [-0.25, -0.2) is 9.37 Å². The lowest BCUT2D eigenvalue weighted by molar-refractivity contribution is -0.385. The number of halogens is 1. The van der Waals surface area contributed by atoms with Crippen LogP contribution in [0.25, 0.3) is 10.6 Å². The first kappa shape index (κ1) is 18.7. The summed E-state index contributed by atoms with van der Waals surface area (Å²) in [5.74, 6) is -0.812. The molecule has 0 aliphatic carbocycles. The Morgan fingerprint density at radius 3 is 2.78 bits per heavy atom. The van der Waals surface area contributed by atoms with E-state index in [1.807, 2.05) is 6.92 Å². The van der Waals surface area contributed by atoms with Crippen molar-refractivity contribution < 1.29 is 14.1 Å². The maximum absolute atomic E-state index is 13.4. The number of carbonyl (C=O) groups is 1. The third kappa shape index (κ3) is 4.35. The smallest absolute Gasteiger partial charge is 0.282 e. The summed E-state index contributed by atoms with van der Waals surface area (Å²) in [7, 11) is 0. The molecule has 1 amide bonds. The Labute approximate surface area is 158 Å². The van der Waals surface area contributed by atoms with Gasteiger partial charge in [0.1, 0.15) is 16.4 Å². The summed E-state index contributed by atoms with van der Waals surface area (Å²) in [5, 5.41) is 14.4. The van der Waals surface area contributed by atoms with Gasteiger partial charge in [-0.2, -0.15) is 0 Å². The molecule has 0 aliphatic rings. The third-order valence-electron chi connectivity index (χ3n) is 3.95. The molecule has 2 aromatic carbocycles. The van der Waals surface area contributed by atoms with Crippen molar-refractivity contribution in [2.24, 2.45) is 0 Å². The molecule has 1 N–H and O–H groups in total. The highest BCUT2D eigenvalue weighted by atomic mass is 32.1. The van der Waals surface area contributed by atoms with Gasteiger partial charge in [-0.3, -0.25) is 14.9 Å². The number of nitro groups is 1. The number of carbonyl (C=O) groups excluding carboxylic acids is 1. The van der Waals surface area contributed by atoms with Crippen LogP contribution >= 0.6 is 11.3 Å². The van der Waals surface area contributed by atoms with Gasteiger partial charge in [-0.05, 0) is 25.1 Å². The average molecular weight is 385 g/mol. The van der Waals surface area contributed by atoms with E-state index in [2.05, 4.69) is 10.3 Å². The van der Waals surface area contributed by atoms with Crippen molar-refractivity contribution in [3.05, 3.63) is 80.6 Å². The first-order valence-corrected chi connectivity index (χ1v) is 9.01. The van der Waals surface area contributed by atoms with Gasteiger partial charge in [0.25, 0.3) is 11.6 Å². The molecule has 0 aliphatic heterocycles. The minimum Gasteiger partial charge on any atom is -0.351 e. The summed E-state index contributed by atoms with van der Waals surface area (Å²) < 4.78 is 13.4.